The average Bonchev–Trinajstić information content (AvgIpc) is 3.79. The SMILES string of the molecule is CCCCCCCCCCCCCCCCCCOC[C@H](COP(=O)(O)OC[C@]1(N)CC[C@H](c2ccc3c(N)ncnn23)O1)OCc1ccc(C#N)cc1F. The molecule has 1 saturated heterocycles. The molecule has 3 aromatic rings. The number of nitriles is 1. The molecular formula is C40H62FN6O7P. The van der Waals surface area contributed by atoms with Gasteiger partial charge >= 0.3 is 7.82 Å². The molecule has 2 aromatic heterocycles. The smallest absolute Gasteiger partial charge is 0.382 e. The summed E-state index contributed by atoms with van der Waals surface area (Å²) in [6, 6.07) is 9.61. The molecule has 0 aliphatic carbocycles. The molecule has 3 heterocycles. The summed E-state index contributed by atoms with van der Waals surface area (Å²) >= 11 is 0. The average molecular weight is 789 g/mol. The first kappa shape index (κ1) is 44.7. The molecule has 0 spiro atoms. The van der Waals surface area contributed by atoms with Crippen LogP contribution in [0.25, 0.3) is 5.52 Å². The van der Waals surface area contributed by atoms with Gasteiger partial charge in [-0.15, -0.1) is 0 Å². The van der Waals surface area contributed by atoms with Gasteiger partial charge < -0.3 is 30.6 Å². The first-order valence-corrected chi connectivity index (χ1v) is 21.7. The second-order valence-electron chi connectivity index (χ2n) is 14.7. The van der Waals surface area contributed by atoms with Gasteiger partial charge in [-0.3, -0.25) is 9.05 Å². The highest BCUT2D eigenvalue weighted by Crippen LogP contribution is 2.46. The van der Waals surface area contributed by atoms with Gasteiger partial charge in [-0.25, -0.2) is 18.5 Å². The van der Waals surface area contributed by atoms with Gasteiger partial charge in [-0.05, 0) is 43.5 Å². The van der Waals surface area contributed by atoms with E-state index >= 15 is 0 Å². The Labute approximate surface area is 325 Å². The van der Waals surface area contributed by atoms with E-state index in [1.165, 1.54) is 102 Å². The van der Waals surface area contributed by atoms with Crippen molar-refractivity contribution in [2.45, 2.75) is 147 Å². The van der Waals surface area contributed by atoms with Crippen LogP contribution in [-0.4, -0.2) is 57.7 Å². The number of nitrogen functional groups attached to an aromatic ring is 1. The number of aromatic nitrogens is 3. The van der Waals surface area contributed by atoms with Crippen molar-refractivity contribution in [3.63, 3.8) is 0 Å². The highest BCUT2D eigenvalue weighted by molar-refractivity contribution is 7.47. The Kier molecular flexibility index (Phi) is 19.5. The lowest BCUT2D eigenvalue weighted by Gasteiger charge is -2.26. The molecule has 0 bridgehead atoms. The van der Waals surface area contributed by atoms with E-state index in [1.807, 2.05) is 12.1 Å². The van der Waals surface area contributed by atoms with Crippen molar-refractivity contribution in [3.8, 4) is 6.07 Å². The van der Waals surface area contributed by atoms with E-state index in [0.717, 1.165) is 31.0 Å². The van der Waals surface area contributed by atoms with Crippen molar-refractivity contribution in [1.29, 1.82) is 5.26 Å². The third kappa shape index (κ3) is 15.8. The molecule has 13 nitrogen and oxygen atoms in total. The molecule has 1 aromatic carbocycles. The first-order chi connectivity index (χ1) is 26.6. The number of ether oxygens (including phenoxy) is 3. The lowest BCUT2D eigenvalue weighted by atomic mass is 10.0. The van der Waals surface area contributed by atoms with Crippen LogP contribution in [0.1, 0.15) is 145 Å². The Balaban J connectivity index is 1.14. The van der Waals surface area contributed by atoms with E-state index in [0.29, 0.717) is 30.8 Å². The van der Waals surface area contributed by atoms with Crippen LogP contribution in [0.5, 0.6) is 0 Å². The van der Waals surface area contributed by atoms with Crippen molar-refractivity contribution >= 4 is 19.2 Å². The van der Waals surface area contributed by atoms with E-state index in [9.17, 15) is 13.8 Å². The van der Waals surface area contributed by atoms with Crippen LogP contribution in [0.15, 0.2) is 36.7 Å². The fourth-order valence-corrected chi connectivity index (χ4v) is 7.58. The fourth-order valence-electron chi connectivity index (χ4n) is 6.77. The number of hydrogen-bond donors (Lipinski definition) is 3. The molecule has 1 fully saturated rings. The van der Waals surface area contributed by atoms with Crippen molar-refractivity contribution in [3.05, 3.63) is 59.3 Å². The van der Waals surface area contributed by atoms with E-state index in [4.69, 9.17) is 40.0 Å². The number of phosphoric acid groups is 1. The summed E-state index contributed by atoms with van der Waals surface area (Å²) in [6.07, 6.45) is 21.4. The second-order valence-corrected chi connectivity index (χ2v) is 16.1. The highest BCUT2D eigenvalue weighted by Gasteiger charge is 2.41. The number of anilines is 1. The molecule has 15 heteroatoms. The number of phosphoric ester groups is 1. The highest BCUT2D eigenvalue weighted by atomic mass is 31.2. The zero-order chi connectivity index (χ0) is 39.4. The number of nitrogens with two attached hydrogens (primary N) is 2. The van der Waals surface area contributed by atoms with Crippen molar-refractivity contribution in [1.82, 2.24) is 14.6 Å². The number of unbranched alkanes of at least 4 members (excludes halogenated alkanes) is 15. The zero-order valence-corrected chi connectivity index (χ0v) is 33.4. The van der Waals surface area contributed by atoms with Crippen LogP contribution in [0.4, 0.5) is 10.2 Å². The topological polar surface area (TPSA) is 189 Å². The van der Waals surface area contributed by atoms with Crippen molar-refractivity contribution in [2.24, 2.45) is 5.73 Å². The van der Waals surface area contributed by atoms with Gasteiger partial charge in [-0.1, -0.05) is 109 Å². The van der Waals surface area contributed by atoms with Crippen LogP contribution in [0.3, 0.4) is 0 Å². The fraction of sp³-hybridized carbons (Fsp3) is 0.675. The largest absolute Gasteiger partial charge is 0.472 e. The molecule has 306 valence electrons. The van der Waals surface area contributed by atoms with Crippen LogP contribution in [0, 0.1) is 17.1 Å². The van der Waals surface area contributed by atoms with Gasteiger partial charge in [0, 0.05) is 12.2 Å². The third-order valence-electron chi connectivity index (χ3n) is 10.0. The van der Waals surface area contributed by atoms with Gasteiger partial charge in [0.05, 0.1) is 37.1 Å². The normalized spacial score (nSPS) is 18.8. The Morgan fingerprint density at radius 3 is 2.29 bits per heavy atom. The summed E-state index contributed by atoms with van der Waals surface area (Å²) in [5.74, 6) is -0.258. The Hall–Kier alpha value is -2.99. The predicted octanol–water partition coefficient (Wildman–Crippen LogP) is 8.83. The number of nitrogens with zero attached hydrogens (tertiary/aromatic N) is 4. The van der Waals surface area contributed by atoms with Crippen LogP contribution in [-0.2, 0) is 34.4 Å². The second kappa shape index (κ2) is 23.9. The summed E-state index contributed by atoms with van der Waals surface area (Å²) in [4.78, 5) is 14.6. The maximum absolute atomic E-state index is 14.6. The monoisotopic (exact) mass is 788 g/mol. The van der Waals surface area contributed by atoms with Gasteiger partial charge in [0.15, 0.2) is 5.82 Å². The maximum Gasteiger partial charge on any atom is 0.472 e. The molecule has 1 unspecified atom stereocenters. The summed E-state index contributed by atoms with van der Waals surface area (Å²) in [6.45, 7) is 1.88. The van der Waals surface area contributed by atoms with Gasteiger partial charge in [0.2, 0.25) is 0 Å². The molecule has 1 aliphatic rings. The standard InChI is InChI=1S/C40H62FN6O7P/c1-2-3-4-5-6-7-8-9-10-11-12-13-14-15-16-17-24-50-28-34(51-27-33-19-18-32(26-42)25-35(33)41)29-52-55(48,49)53-30-40(44)23-22-38(54-40)36-20-21-37-39(43)45-31-46-47(36)37/h18-21,25,31,34,38H,2-17,22-24,27-30,44H2,1H3,(H,48,49)(H2,43,45,46)/t34-,38-,40+/m1/s1. The molecule has 0 amide bonds. The molecular weight excluding hydrogens is 726 g/mol. The summed E-state index contributed by atoms with van der Waals surface area (Å²) in [5, 5.41) is 13.3. The molecule has 5 N–H and O–H groups in total. The van der Waals surface area contributed by atoms with Gasteiger partial charge in [-0.2, -0.15) is 10.4 Å². The van der Waals surface area contributed by atoms with E-state index in [1.54, 1.807) is 10.6 Å². The molecule has 55 heavy (non-hydrogen) atoms. The summed E-state index contributed by atoms with van der Waals surface area (Å²) < 4.78 is 57.5. The lowest BCUT2D eigenvalue weighted by Crippen LogP contribution is -2.43. The minimum Gasteiger partial charge on any atom is -0.382 e. The number of fused-ring (bicyclic) bond motifs is 1. The molecule has 4 rings (SSSR count). The number of benzene rings is 1. The maximum atomic E-state index is 14.6. The molecule has 0 radical (unpaired) electrons. The summed E-state index contributed by atoms with van der Waals surface area (Å²) in [7, 11) is -4.61. The van der Waals surface area contributed by atoms with Crippen molar-refractivity contribution in [2.75, 3.05) is 32.2 Å². The number of hydrogen-bond acceptors (Lipinski definition) is 11. The van der Waals surface area contributed by atoms with Gasteiger partial charge in [0.1, 0.15) is 42.2 Å². The Bertz CT molecular complexity index is 1660. The molecule has 0 saturated carbocycles. The van der Waals surface area contributed by atoms with Gasteiger partial charge in [0.25, 0.3) is 0 Å². The Morgan fingerprint density at radius 1 is 1.00 bits per heavy atom. The van der Waals surface area contributed by atoms with E-state index in [2.05, 4.69) is 17.0 Å². The molecule has 1 aliphatic heterocycles. The Morgan fingerprint density at radius 2 is 1.65 bits per heavy atom. The number of rotatable bonds is 29. The quantitative estimate of drug-likeness (QED) is 0.0448. The van der Waals surface area contributed by atoms with E-state index < -0.39 is 38.2 Å². The minimum atomic E-state index is -4.61. The van der Waals surface area contributed by atoms with Crippen LogP contribution in [0.2, 0.25) is 0 Å². The molecule has 4 atom stereocenters. The lowest BCUT2D eigenvalue weighted by molar-refractivity contribution is -0.0772. The summed E-state index contributed by atoms with van der Waals surface area (Å²) in [5.41, 5.74) is 12.8. The minimum absolute atomic E-state index is 0.0571. The van der Waals surface area contributed by atoms with Crippen LogP contribution < -0.4 is 11.5 Å². The van der Waals surface area contributed by atoms with E-state index in [-0.39, 0.29) is 30.9 Å². The predicted molar refractivity (Wildman–Crippen MR) is 209 cm³/mol. The zero-order valence-electron chi connectivity index (χ0n) is 32.5. The van der Waals surface area contributed by atoms with Crippen molar-refractivity contribution < 1.29 is 37.1 Å². The first-order valence-electron chi connectivity index (χ1n) is 20.2. The van der Waals surface area contributed by atoms with Crippen LogP contribution >= 0.6 is 7.82 Å². The third-order valence-corrected chi connectivity index (χ3v) is 11.0. The number of halogens is 1.